The zero-order valence-electron chi connectivity index (χ0n) is 15.6. The van der Waals surface area contributed by atoms with Gasteiger partial charge in [0.2, 0.25) is 0 Å². The summed E-state index contributed by atoms with van der Waals surface area (Å²) in [6.45, 7) is 14.2. The molecule has 1 aromatic heterocycles. The van der Waals surface area contributed by atoms with E-state index in [9.17, 15) is 4.79 Å². The van der Waals surface area contributed by atoms with Crippen molar-refractivity contribution in [2.45, 2.75) is 41.2 Å². The number of amidine groups is 1. The van der Waals surface area contributed by atoms with Crippen molar-refractivity contribution in [2.24, 2.45) is 4.99 Å². The van der Waals surface area contributed by atoms with Gasteiger partial charge in [0.15, 0.2) is 5.84 Å². The minimum absolute atomic E-state index is 0.0357. The van der Waals surface area contributed by atoms with Gasteiger partial charge < -0.3 is 4.57 Å². The van der Waals surface area contributed by atoms with Crippen LogP contribution in [-0.4, -0.2) is 16.1 Å². The molecular formula is C21H25N3O. The maximum atomic E-state index is 12.9. The van der Waals surface area contributed by atoms with Crippen LogP contribution < -0.4 is 16.1 Å². The first-order chi connectivity index (χ1) is 11.8. The third kappa shape index (κ3) is 3.68. The van der Waals surface area contributed by atoms with Gasteiger partial charge >= 0.3 is 0 Å². The highest BCUT2D eigenvalue weighted by Crippen LogP contribution is 2.21. The largest absolute Gasteiger partial charge is 0.309 e. The summed E-state index contributed by atoms with van der Waals surface area (Å²) in [6.07, 6.45) is 1.97. The fourth-order valence-corrected chi connectivity index (χ4v) is 2.90. The lowest BCUT2D eigenvalue weighted by atomic mass is 9.98. The smallest absolute Gasteiger partial charge is 0.258 e. The molecule has 0 amide bonds. The van der Waals surface area contributed by atoms with Gasteiger partial charge in [-0.1, -0.05) is 24.8 Å². The van der Waals surface area contributed by atoms with E-state index in [0.717, 1.165) is 33.0 Å². The van der Waals surface area contributed by atoms with Gasteiger partial charge in [-0.2, -0.15) is 0 Å². The molecule has 0 radical (unpaired) electrons. The topological polar surface area (TPSA) is 58.2 Å². The molecule has 2 aromatic rings. The van der Waals surface area contributed by atoms with E-state index in [-0.39, 0.29) is 11.4 Å². The lowest BCUT2D eigenvalue weighted by Crippen LogP contribution is -2.42. The quantitative estimate of drug-likeness (QED) is 0.680. The van der Waals surface area contributed by atoms with Crippen LogP contribution in [0.5, 0.6) is 0 Å². The summed E-state index contributed by atoms with van der Waals surface area (Å²) in [4.78, 5) is 17.0. The molecule has 0 bridgehead atoms. The van der Waals surface area contributed by atoms with Gasteiger partial charge in [0.25, 0.3) is 5.56 Å². The molecular weight excluding hydrogens is 310 g/mol. The Labute approximate surface area is 148 Å². The van der Waals surface area contributed by atoms with Crippen molar-refractivity contribution < 1.29 is 0 Å². The molecule has 2 rings (SSSR count). The zero-order valence-corrected chi connectivity index (χ0v) is 15.6. The number of nitrogens with zero attached hydrogens (tertiary/aromatic N) is 2. The minimum Gasteiger partial charge on any atom is -0.309 e. The summed E-state index contributed by atoms with van der Waals surface area (Å²) in [6, 6.07) is 7.56. The van der Waals surface area contributed by atoms with Crippen molar-refractivity contribution in [3.05, 3.63) is 56.3 Å². The molecule has 1 N–H and O–H groups in total. The lowest BCUT2D eigenvalue weighted by molar-refractivity contribution is 0.701. The Kier molecular flexibility index (Phi) is 5.52. The van der Waals surface area contributed by atoms with Gasteiger partial charge in [-0.25, -0.2) is 4.99 Å². The number of aliphatic imine (C=N–C) groups is 1. The molecule has 0 saturated carbocycles. The van der Waals surface area contributed by atoms with Crippen LogP contribution in [0.1, 0.15) is 38.8 Å². The average molecular weight is 335 g/mol. The first-order valence-electron chi connectivity index (χ1n) is 8.41. The van der Waals surface area contributed by atoms with Crippen molar-refractivity contribution >= 4 is 24.2 Å². The second-order valence-corrected chi connectivity index (χ2v) is 6.24. The van der Waals surface area contributed by atoms with Crippen molar-refractivity contribution in [3.63, 3.8) is 0 Å². The number of rotatable bonds is 3. The molecule has 1 heterocycles. The molecule has 1 aromatic carbocycles. The Morgan fingerprint density at radius 3 is 2.48 bits per heavy atom. The molecule has 0 unspecified atom stereocenters. The second kappa shape index (κ2) is 7.43. The fourth-order valence-electron chi connectivity index (χ4n) is 2.90. The van der Waals surface area contributed by atoms with E-state index in [2.05, 4.69) is 11.6 Å². The normalized spacial score (nSPS) is 11.5. The Morgan fingerprint density at radius 1 is 1.28 bits per heavy atom. The Morgan fingerprint density at radius 2 is 1.96 bits per heavy atom. The molecule has 0 aliphatic rings. The summed E-state index contributed by atoms with van der Waals surface area (Å²) in [7, 11) is 0. The van der Waals surface area contributed by atoms with E-state index in [4.69, 9.17) is 5.41 Å². The number of pyridine rings is 1. The molecule has 0 aliphatic heterocycles. The lowest BCUT2D eigenvalue weighted by Gasteiger charge is -2.11. The van der Waals surface area contributed by atoms with Gasteiger partial charge in [-0.05, 0) is 63.1 Å². The monoisotopic (exact) mass is 335 g/mol. The summed E-state index contributed by atoms with van der Waals surface area (Å²) >= 11 is 0. The van der Waals surface area contributed by atoms with E-state index in [1.165, 1.54) is 0 Å². The molecule has 0 spiro atoms. The van der Waals surface area contributed by atoms with Gasteiger partial charge in [0.05, 0.1) is 0 Å². The van der Waals surface area contributed by atoms with E-state index >= 15 is 0 Å². The van der Waals surface area contributed by atoms with Crippen LogP contribution in [0.3, 0.4) is 0 Å². The van der Waals surface area contributed by atoms with Crippen molar-refractivity contribution in [3.8, 4) is 11.1 Å². The van der Waals surface area contributed by atoms with E-state index in [1.807, 2.05) is 65.0 Å². The third-order valence-corrected chi connectivity index (χ3v) is 4.19. The number of aryl methyl sites for hydroxylation is 1. The number of benzene rings is 1. The number of hydrogen-bond acceptors (Lipinski definition) is 2. The van der Waals surface area contributed by atoms with Crippen molar-refractivity contribution in [1.82, 2.24) is 4.57 Å². The summed E-state index contributed by atoms with van der Waals surface area (Å²) < 4.78 is 1.70. The van der Waals surface area contributed by atoms with E-state index in [1.54, 1.807) is 4.57 Å². The van der Waals surface area contributed by atoms with Gasteiger partial charge in [0, 0.05) is 28.7 Å². The maximum absolute atomic E-state index is 12.9. The van der Waals surface area contributed by atoms with Gasteiger partial charge in [-0.15, -0.1) is 0 Å². The standard InChI is InChI=1S/C21H25N3O/c1-7-16-12-19(21(25)24(8-2)15(16)6)18-10-9-17(11-14(18)5)20(22)23-13(3)4/h7,9-12,22H,6,8H2,1-5H3/b16-7-,22-20?. The first kappa shape index (κ1) is 18.6. The average Bonchev–Trinajstić information content (AvgIpc) is 2.55. The maximum Gasteiger partial charge on any atom is 0.258 e. The van der Waals surface area contributed by atoms with Gasteiger partial charge in [0.1, 0.15) is 0 Å². The van der Waals surface area contributed by atoms with Crippen LogP contribution in [0.15, 0.2) is 34.1 Å². The minimum atomic E-state index is -0.0357. The zero-order chi connectivity index (χ0) is 18.7. The molecule has 4 heteroatoms. The second-order valence-electron chi connectivity index (χ2n) is 6.24. The van der Waals surface area contributed by atoms with Crippen molar-refractivity contribution in [2.75, 3.05) is 0 Å². The predicted molar refractivity (Wildman–Crippen MR) is 107 cm³/mol. The fraction of sp³-hybridized carbons (Fsp3) is 0.286. The molecule has 0 aliphatic carbocycles. The number of nitrogens with one attached hydrogen (secondary N) is 1. The highest BCUT2D eigenvalue weighted by atomic mass is 16.1. The van der Waals surface area contributed by atoms with E-state index < -0.39 is 0 Å². The Bertz CT molecular complexity index is 1020. The van der Waals surface area contributed by atoms with Crippen LogP contribution in [0.4, 0.5) is 0 Å². The van der Waals surface area contributed by atoms with E-state index in [0.29, 0.717) is 12.1 Å². The predicted octanol–water partition coefficient (Wildman–Crippen LogP) is 2.86. The summed E-state index contributed by atoms with van der Waals surface area (Å²) in [5.74, 6) is 0.233. The van der Waals surface area contributed by atoms with Gasteiger partial charge in [-0.3, -0.25) is 10.2 Å². The molecule has 130 valence electrons. The van der Waals surface area contributed by atoms with Crippen LogP contribution in [0.25, 0.3) is 23.8 Å². The first-order valence-corrected chi connectivity index (χ1v) is 8.41. The van der Waals surface area contributed by atoms with Crippen LogP contribution >= 0.6 is 0 Å². The molecule has 25 heavy (non-hydrogen) atoms. The summed E-state index contributed by atoms with van der Waals surface area (Å²) in [5, 5.41) is 9.76. The molecule has 0 atom stereocenters. The SMILES string of the molecule is C=c1/c(=C\C)cc(-c2ccc(C(=N)N=C(C)C)cc2C)c(=O)n1CC. The van der Waals surface area contributed by atoms with Crippen LogP contribution in [0.2, 0.25) is 0 Å². The third-order valence-electron chi connectivity index (χ3n) is 4.19. The molecule has 0 saturated heterocycles. The molecule has 4 nitrogen and oxygen atoms in total. The highest BCUT2D eigenvalue weighted by Gasteiger charge is 2.11. The molecule has 0 fully saturated rings. The van der Waals surface area contributed by atoms with Crippen molar-refractivity contribution in [1.29, 1.82) is 5.41 Å². The number of aromatic nitrogens is 1. The van der Waals surface area contributed by atoms with Crippen LogP contribution in [0, 0.1) is 12.3 Å². The number of hydrogen-bond donors (Lipinski definition) is 1. The Hall–Kier alpha value is -2.75. The van der Waals surface area contributed by atoms with Crippen LogP contribution in [-0.2, 0) is 6.54 Å². The Balaban J connectivity index is 2.69. The summed E-state index contributed by atoms with van der Waals surface area (Å²) in [5.41, 5.74) is 4.04. The highest BCUT2D eigenvalue weighted by molar-refractivity contribution is 6.04.